The van der Waals surface area contributed by atoms with Crippen molar-refractivity contribution in [3.63, 3.8) is 0 Å². The van der Waals surface area contributed by atoms with Gasteiger partial charge >= 0.3 is 0 Å². The van der Waals surface area contributed by atoms with Gasteiger partial charge in [-0.15, -0.1) is 12.6 Å². The van der Waals surface area contributed by atoms with Crippen LogP contribution in [0.1, 0.15) is 0 Å². The molecule has 1 heterocycles. The van der Waals surface area contributed by atoms with Crippen LogP contribution in [-0.4, -0.2) is 9.64 Å². The number of halogens is 1. The number of rotatable bonds is 0. The largest absolute Gasteiger partial charge is 0.295 e. The Morgan fingerprint density at radius 2 is 1.85 bits per heavy atom. The number of thiol groups is 1. The Bertz CT molecular complexity index is 389. The lowest BCUT2D eigenvalue weighted by Crippen LogP contribution is -1.77. The summed E-state index contributed by atoms with van der Waals surface area (Å²) in [4.78, 5) is 5.14. The first-order valence-electron chi connectivity index (χ1n) is 3.57. The van der Waals surface area contributed by atoms with Gasteiger partial charge in [0.05, 0.1) is 17.4 Å². The number of pyridine rings is 1. The number of hydrogen-bond donors (Lipinski definition) is 2. The summed E-state index contributed by atoms with van der Waals surface area (Å²) in [5, 5.41) is 1.14. The third-order valence-corrected chi connectivity index (χ3v) is 1.97. The number of aromatic nitrogens is 1. The van der Waals surface area contributed by atoms with Gasteiger partial charge in [0.25, 0.3) is 0 Å². The van der Waals surface area contributed by atoms with Crippen molar-refractivity contribution < 1.29 is 4.66 Å². The van der Waals surface area contributed by atoms with Gasteiger partial charge in [0, 0.05) is 16.5 Å². The standard InChI is InChI=1S/C9H7NS.ClHO/c11-8-5-1-3-7-4-2-6-10-9(7)8;1-2/h1-6,11H;2H. The first-order valence-corrected chi connectivity index (χ1v) is 4.36. The van der Waals surface area contributed by atoms with E-state index >= 15 is 0 Å². The molecular formula is C9H8ClNOS. The Morgan fingerprint density at radius 3 is 2.54 bits per heavy atom. The van der Waals surface area contributed by atoms with Crippen LogP contribution in [0.2, 0.25) is 0 Å². The van der Waals surface area contributed by atoms with Crippen molar-refractivity contribution in [2.45, 2.75) is 4.90 Å². The van der Waals surface area contributed by atoms with E-state index < -0.39 is 0 Å². The van der Waals surface area contributed by atoms with E-state index in [2.05, 4.69) is 29.5 Å². The second-order valence-electron chi connectivity index (χ2n) is 2.35. The summed E-state index contributed by atoms with van der Waals surface area (Å²) in [5.41, 5.74) is 0.971. The van der Waals surface area contributed by atoms with Crippen molar-refractivity contribution in [3.8, 4) is 0 Å². The predicted octanol–water partition coefficient (Wildman–Crippen LogP) is 2.66. The zero-order chi connectivity index (χ0) is 9.68. The summed E-state index contributed by atoms with van der Waals surface area (Å²) in [7, 11) is 0. The summed E-state index contributed by atoms with van der Waals surface area (Å²) in [6.07, 6.45) is 1.78. The monoisotopic (exact) mass is 213 g/mol. The van der Waals surface area contributed by atoms with Crippen molar-refractivity contribution in [1.82, 2.24) is 4.98 Å². The zero-order valence-corrected chi connectivity index (χ0v) is 8.33. The SMILES string of the molecule is OCl.Sc1cccc2cccnc12. The van der Waals surface area contributed by atoms with Crippen LogP contribution in [0.25, 0.3) is 10.9 Å². The second-order valence-corrected chi connectivity index (χ2v) is 2.83. The van der Waals surface area contributed by atoms with Crippen LogP contribution >= 0.6 is 24.5 Å². The van der Waals surface area contributed by atoms with Gasteiger partial charge in [-0.1, -0.05) is 18.2 Å². The Labute approximate surface area is 86.8 Å². The average Bonchev–Trinajstić information content (AvgIpc) is 2.22. The Morgan fingerprint density at radius 1 is 1.15 bits per heavy atom. The van der Waals surface area contributed by atoms with E-state index in [0.29, 0.717) is 0 Å². The number of fused-ring (bicyclic) bond motifs is 1. The van der Waals surface area contributed by atoms with Crippen molar-refractivity contribution >= 4 is 35.4 Å². The van der Waals surface area contributed by atoms with Crippen LogP contribution < -0.4 is 0 Å². The van der Waals surface area contributed by atoms with Crippen LogP contribution in [0.5, 0.6) is 0 Å². The molecule has 2 nitrogen and oxygen atoms in total. The van der Waals surface area contributed by atoms with E-state index in [9.17, 15) is 0 Å². The molecule has 0 atom stereocenters. The van der Waals surface area contributed by atoms with Crippen molar-refractivity contribution in [2.24, 2.45) is 0 Å². The van der Waals surface area contributed by atoms with Crippen molar-refractivity contribution in [1.29, 1.82) is 0 Å². The molecule has 0 aliphatic rings. The third kappa shape index (κ3) is 2.34. The molecule has 0 amide bonds. The summed E-state index contributed by atoms with van der Waals surface area (Å²) >= 11 is 7.93. The molecule has 1 aromatic heterocycles. The van der Waals surface area contributed by atoms with Gasteiger partial charge in [0.1, 0.15) is 0 Å². The molecule has 2 aromatic rings. The fourth-order valence-corrected chi connectivity index (χ4v) is 1.36. The molecule has 0 unspecified atom stereocenters. The molecule has 0 aliphatic heterocycles. The summed E-state index contributed by atoms with van der Waals surface area (Å²) in [5.74, 6) is 0. The van der Waals surface area contributed by atoms with E-state index in [1.807, 2.05) is 30.3 Å². The minimum Gasteiger partial charge on any atom is -0.295 e. The van der Waals surface area contributed by atoms with Crippen LogP contribution in [0.3, 0.4) is 0 Å². The van der Waals surface area contributed by atoms with E-state index in [4.69, 9.17) is 4.66 Å². The van der Waals surface area contributed by atoms with Crippen LogP contribution in [-0.2, 0) is 0 Å². The predicted molar refractivity (Wildman–Crippen MR) is 57.1 cm³/mol. The molecule has 0 spiro atoms. The molecule has 0 saturated carbocycles. The van der Waals surface area contributed by atoms with E-state index in [-0.39, 0.29) is 0 Å². The van der Waals surface area contributed by atoms with Gasteiger partial charge in [-0.2, -0.15) is 0 Å². The maximum atomic E-state index is 6.47. The highest BCUT2D eigenvalue weighted by molar-refractivity contribution is 7.80. The van der Waals surface area contributed by atoms with Gasteiger partial charge in [-0.3, -0.25) is 9.64 Å². The molecule has 0 bridgehead atoms. The molecule has 1 aromatic carbocycles. The van der Waals surface area contributed by atoms with Crippen LogP contribution in [0.15, 0.2) is 41.4 Å². The first-order chi connectivity index (χ1) is 6.38. The fourth-order valence-electron chi connectivity index (χ4n) is 1.09. The maximum absolute atomic E-state index is 6.47. The van der Waals surface area contributed by atoms with E-state index in [0.717, 1.165) is 15.8 Å². The number of para-hydroxylation sites is 1. The van der Waals surface area contributed by atoms with Gasteiger partial charge in [0.15, 0.2) is 0 Å². The molecule has 1 N–H and O–H groups in total. The molecule has 2 rings (SSSR count). The lowest BCUT2D eigenvalue weighted by Gasteiger charge is -1.97. The molecule has 0 aliphatic carbocycles. The fraction of sp³-hybridized carbons (Fsp3) is 0. The Kier molecular flexibility index (Phi) is 4.02. The summed E-state index contributed by atoms with van der Waals surface area (Å²) in [6.45, 7) is 0. The molecular weight excluding hydrogens is 206 g/mol. The number of hydrogen-bond acceptors (Lipinski definition) is 3. The molecule has 4 heteroatoms. The highest BCUT2D eigenvalue weighted by Crippen LogP contribution is 2.18. The smallest absolute Gasteiger partial charge is 0.0835 e. The van der Waals surface area contributed by atoms with Gasteiger partial charge in [0.2, 0.25) is 0 Å². The van der Waals surface area contributed by atoms with Gasteiger partial charge in [-0.05, 0) is 12.1 Å². The highest BCUT2D eigenvalue weighted by Gasteiger charge is 1.94. The Hall–Kier alpha value is -0.770. The molecule has 0 fully saturated rings. The van der Waals surface area contributed by atoms with Gasteiger partial charge in [-0.25, -0.2) is 0 Å². The number of nitrogens with zero attached hydrogens (tertiary/aromatic N) is 1. The third-order valence-electron chi connectivity index (χ3n) is 1.61. The minimum atomic E-state index is 0.933. The highest BCUT2D eigenvalue weighted by atomic mass is 35.5. The van der Waals surface area contributed by atoms with E-state index in [1.165, 1.54) is 0 Å². The minimum absolute atomic E-state index is 0.933. The van der Waals surface area contributed by atoms with Gasteiger partial charge < -0.3 is 0 Å². The Balaban J connectivity index is 0.000000396. The molecule has 0 saturated heterocycles. The second kappa shape index (κ2) is 5.07. The summed E-state index contributed by atoms with van der Waals surface area (Å²) < 4.78 is 6.47. The molecule has 0 radical (unpaired) electrons. The molecule has 13 heavy (non-hydrogen) atoms. The molecule has 68 valence electrons. The van der Waals surface area contributed by atoms with Crippen molar-refractivity contribution in [2.75, 3.05) is 0 Å². The number of benzene rings is 1. The lowest BCUT2D eigenvalue weighted by atomic mass is 10.2. The topological polar surface area (TPSA) is 33.1 Å². The van der Waals surface area contributed by atoms with Crippen LogP contribution in [0.4, 0.5) is 0 Å². The van der Waals surface area contributed by atoms with Crippen LogP contribution in [0, 0.1) is 0 Å². The quantitative estimate of drug-likeness (QED) is 0.660. The zero-order valence-electron chi connectivity index (χ0n) is 6.68. The van der Waals surface area contributed by atoms with Crippen molar-refractivity contribution in [3.05, 3.63) is 36.5 Å². The normalized spacial score (nSPS) is 9.15. The average molecular weight is 214 g/mol. The summed E-state index contributed by atoms with van der Waals surface area (Å²) in [6, 6.07) is 9.91. The van der Waals surface area contributed by atoms with E-state index in [1.54, 1.807) is 6.20 Å². The maximum Gasteiger partial charge on any atom is 0.0835 e. The first kappa shape index (κ1) is 10.3. The lowest BCUT2D eigenvalue weighted by molar-refractivity contribution is 0.632.